The van der Waals surface area contributed by atoms with Gasteiger partial charge in [0.25, 0.3) is 0 Å². The van der Waals surface area contributed by atoms with E-state index in [0.29, 0.717) is 10.0 Å². The van der Waals surface area contributed by atoms with Crippen molar-refractivity contribution in [1.82, 2.24) is 5.32 Å². The zero-order valence-corrected chi connectivity index (χ0v) is 10.9. The Morgan fingerprint density at radius 1 is 1.20 bits per heavy atom. The Labute approximate surface area is 102 Å². The molecule has 0 amide bonds. The highest BCUT2D eigenvalue weighted by molar-refractivity contribution is 6.42. The van der Waals surface area contributed by atoms with Gasteiger partial charge in [-0.15, -0.1) is 0 Å². The Hall–Kier alpha value is -0.240. The summed E-state index contributed by atoms with van der Waals surface area (Å²) in [6.07, 6.45) is 0. The molecule has 0 saturated carbocycles. The molecular formula is C12H17Cl2N. The van der Waals surface area contributed by atoms with Crippen LogP contribution in [0.3, 0.4) is 0 Å². The first kappa shape index (κ1) is 12.8. The average molecular weight is 246 g/mol. The number of nitrogens with one attached hydrogen (secondary N) is 1. The topological polar surface area (TPSA) is 12.0 Å². The molecule has 0 aliphatic rings. The van der Waals surface area contributed by atoms with Crippen molar-refractivity contribution < 1.29 is 0 Å². The first-order valence-electron chi connectivity index (χ1n) is 5.13. The zero-order chi connectivity index (χ0) is 11.5. The SMILES string of the molecule is CCNCC(C)(C)c1ccc(Cl)c(Cl)c1. The molecule has 1 nitrogen and oxygen atoms in total. The minimum absolute atomic E-state index is 0.0736. The minimum atomic E-state index is 0.0736. The van der Waals surface area contributed by atoms with Crippen LogP contribution < -0.4 is 5.32 Å². The maximum absolute atomic E-state index is 6.00. The predicted octanol–water partition coefficient (Wildman–Crippen LogP) is 3.88. The Morgan fingerprint density at radius 3 is 2.40 bits per heavy atom. The van der Waals surface area contributed by atoms with Crippen LogP contribution in [0, 0.1) is 0 Å². The van der Waals surface area contributed by atoms with Gasteiger partial charge in [-0.05, 0) is 24.2 Å². The highest BCUT2D eigenvalue weighted by Crippen LogP contribution is 2.29. The molecule has 1 aromatic carbocycles. The minimum Gasteiger partial charge on any atom is -0.316 e. The molecule has 0 saturated heterocycles. The summed E-state index contributed by atoms with van der Waals surface area (Å²) in [5.41, 5.74) is 1.28. The first-order valence-corrected chi connectivity index (χ1v) is 5.89. The standard InChI is InChI=1S/C12H17Cl2N/c1-4-15-8-12(2,3)9-5-6-10(13)11(14)7-9/h5-7,15H,4,8H2,1-3H3. The molecule has 0 bridgehead atoms. The maximum Gasteiger partial charge on any atom is 0.0595 e. The second-order valence-corrected chi connectivity index (χ2v) is 5.11. The van der Waals surface area contributed by atoms with E-state index in [1.807, 2.05) is 18.2 Å². The van der Waals surface area contributed by atoms with Gasteiger partial charge in [-0.2, -0.15) is 0 Å². The summed E-state index contributed by atoms with van der Waals surface area (Å²) < 4.78 is 0. The molecule has 0 aliphatic heterocycles. The summed E-state index contributed by atoms with van der Waals surface area (Å²) >= 11 is 11.9. The Morgan fingerprint density at radius 2 is 1.87 bits per heavy atom. The van der Waals surface area contributed by atoms with Crippen molar-refractivity contribution in [1.29, 1.82) is 0 Å². The van der Waals surface area contributed by atoms with Crippen LogP contribution in [0.2, 0.25) is 10.0 Å². The fourth-order valence-electron chi connectivity index (χ4n) is 1.46. The van der Waals surface area contributed by atoms with Crippen LogP contribution in [-0.2, 0) is 5.41 Å². The molecule has 0 atom stereocenters. The molecule has 1 N–H and O–H groups in total. The normalized spacial score (nSPS) is 11.8. The molecule has 0 unspecified atom stereocenters. The molecule has 0 spiro atoms. The van der Waals surface area contributed by atoms with Crippen molar-refractivity contribution >= 4 is 23.2 Å². The highest BCUT2D eigenvalue weighted by atomic mass is 35.5. The maximum atomic E-state index is 6.00. The van der Waals surface area contributed by atoms with E-state index in [0.717, 1.165) is 13.1 Å². The van der Waals surface area contributed by atoms with Crippen LogP contribution in [0.25, 0.3) is 0 Å². The van der Waals surface area contributed by atoms with E-state index >= 15 is 0 Å². The van der Waals surface area contributed by atoms with Crippen molar-refractivity contribution in [2.45, 2.75) is 26.2 Å². The summed E-state index contributed by atoms with van der Waals surface area (Å²) in [7, 11) is 0. The van der Waals surface area contributed by atoms with Crippen molar-refractivity contribution in [3.63, 3.8) is 0 Å². The van der Waals surface area contributed by atoms with Crippen LogP contribution >= 0.6 is 23.2 Å². The number of halogens is 2. The van der Waals surface area contributed by atoms with Gasteiger partial charge in [0.15, 0.2) is 0 Å². The van der Waals surface area contributed by atoms with Gasteiger partial charge in [0.2, 0.25) is 0 Å². The number of hydrogen-bond donors (Lipinski definition) is 1. The average Bonchev–Trinajstić information content (AvgIpc) is 2.19. The van der Waals surface area contributed by atoms with Gasteiger partial charge < -0.3 is 5.32 Å². The molecule has 3 heteroatoms. The van der Waals surface area contributed by atoms with Crippen molar-refractivity contribution in [3.05, 3.63) is 33.8 Å². The third-order valence-corrected chi connectivity index (χ3v) is 3.26. The number of rotatable bonds is 4. The van der Waals surface area contributed by atoms with Crippen LogP contribution in [-0.4, -0.2) is 13.1 Å². The Kier molecular flexibility index (Phi) is 4.45. The lowest BCUT2D eigenvalue weighted by Gasteiger charge is -2.25. The molecule has 0 radical (unpaired) electrons. The molecular weight excluding hydrogens is 229 g/mol. The van der Waals surface area contributed by atoms with Gasteiger partial charge in [-0.25, -0.2) is 0 Å². The van der Waals surface area contributed by atoms with Crippen LogP contribution in [0.4, 0.5) is 0 Å². The van der Waals surface area contributed by atoms with Crippen molar-refractivity contribution in [2.24, 2.45) is 0 Å². The lowest BCUT2D eigenvalue weighted by Crippen LogP contribution is -2.32. The van der Waals surface area contributed by atoms with E-state index in [4.69, 9.17) is 23.2 Å². The summed E-state index contributed by atoms with van der Waals surface area (Å²) in [6.45, 7) is 8.39. The summed E-state index contributed by atoms with van der Waals surface area (Å²) in [4.78, 5) is 0. The van der Waals surface area contributed by atoms with E-state index in [1.165, 1.54) is 5.56 Å². The quantitative estimate of drug-likeness (QED) is 0.850. The monoisotopic (exact) mass is 245 g/mol. The van der Waals surface area contributed by atoms with Crippen LogP contribution in [0.5, 0.6) is 0 Å². The molecule has 1 aromatic rings. The molecule has 0 aromatic heterocycles. The van der Waals surface area contributed by atoms with Gasteiger partial charge in [0, 0.05) is 12.0 Å². The number of benzene rings is 1. The third kappa shape index (κ3) is 3.37. The lowest BCUT2D eigenvalue weighted by molar-refractivity contribution is 0.477. The van der Waals surface area contributed by atoms with E-state index in [-0.39, 0.29) is 5.41 Å². The fourth-order valence-corrected chi connectivity index (χ4v) is 1.75. The van der Waals surface area contributed by atoms with Crippen LogP contribution in [0.1, 0.15) is 26.3 Å². The summed E-state index contributed by atoms with van der Waals surface area (Å²) in [5, 5.41) is 4.58. The first-order chi connectivity index (χ1) is 6.97. The Balaban J connectivity index is 2.89. The van der Waals surface area contributed by atoms with E-state index in [2.05, 4.69) is 26.1 Å². The molecule has 84 valence electrons. The van der Waals surface area contributed by atoms with Gasteiger partial charge in [-0.1, -0.05) is 50.0 Å². The molecule has 15 heavy (non-hydrogen) atoms. The third-order valence-electron chi connectivity index (χ3n) is 2.52. The van der Waals surface area contributed by atoms with Crippen molar-refractivity contribution in [3.8, 4) is 0 Å². The summed E-state index contributed by atoms with van der Waals surface area (Å²) in [6, 6.07) is 5.83. The van der Waals surface area contributed by atoms with Gasteiger partial charge in [0.05, 0.1) is 10.0 Å². The highest BCUT2D eigenvalue weighted by Gasteiger charge is 2.20. The number of hydrogen-bond acceptors (Lipinski definition) is 1. The van der Waals surface area contributed by atoms with Gasteiger partial charge in [-0.3, -0.25) is 0 Å². The smallest absolute Gasteiger partial charge is 0.0595 e. The van der Waals surface area contributed by atoms with Crippen LogP contribution in [0.15, 0.2) is 18.2 Å². The second kappa shape index (κ2) is 5.20. The molecule has 1 rings (SSSR count). The predicted molar refractivity (Wildman–Crippen MR) is 68.0 cm³/mol. The number of likely N-dealkylation sites (N-methyl/N-ethyl adjacent to an activating group) is 1. The molecule has 0 fully saturated rings. The zero-order valence-electron chi connectivity index (χ0n) is 9.40. The lowest BCUT2D eigenvalue weighted by atomic mass is 9.84. The van der Waals surface area contributed by atoms with E-state index in [1.54, 1.807) is 0 Å². The Bertz CT molecular complexity index is 334. The second-order valence-electron chi connectivity index (χ2n) is 4.29. The summed E-state index contributed by atoms with van der Waals surface area (Å²) in [5.74, 6) is 0. The van der Waals surface area contributed by atoms with Gasteiger partial charge >= 0.3 is 0 Å². The van der Waals surface area contributed by atoms with Crippen molar-refractivity contribution in [2.75, 3.05) is 13.1 Å². The van der Waals surface area contributed by atoms with Gasteiger partial charge in [0.1, 0.15) is 0 Å². The largest absolute Gasteiger partial charge is 0.316 e. The van der Waals surface area contributed by atoms with E-state index in [9.17, 15) is 0 Å². The fraction of sp³-hybridized carbons (Fsp3) is 0.500. The molecule has 0 heterocycles. The van der Waals surface area contributed by atoms with E-state index < -0.39 is 0 Å². The molecule has 0 aliphatic carbocycles.